The fraction of sp³-hybridized carbons (Fsp3) is 0.263. The molecule has 5 nitrogen and oxygen atoms in total. The molecule has 0 radical (unpaired) electrons. The maximum Gasteiger partial charge on any atom is 0.258 e. The SMILES string of the molecule is Cc1cc(OCC(=O)NCCNC(=O)c2cccc(Cl)c2)cc(C)c1Cl. The molecule has 2 aromatic carbocycles. The number of amides is 2. The second-order valence-corrected chi connectivity index (χ2v) is 6.59. The Bertz CT molecular complexity index is 786. The molecule has 7 heteroatoms. The van der Waals surface area contributed by atoms with E-state index in [1.165, 1.54) is 0 Å². The molecule has 2 rings (SSSR count). The highest BCUT2D eigenvalue weighted by atomic mass is 35.5. The molecule has 0 spiro atoms. The van der Waals surface area contributed by atoms with E-state index in [4.69, 9.17) is 27.9 Å². The first kappa shape index (κ1) is 20.1. The predicted molar refractivity (Wildman–Crippen MR) is 103 cm³/mol. The van der Waals surface area contributed by atoms with Gasteiger partial charge in [-0.15, -0.1) is 0 Å². The Balaban J connectivity index is 1.70. The van der Waals surface area contributed by atoms with Crippen molar-refractivity contribution in [2.75, 3.05) is 19.7 Å². The number of ether oxygens (including phenoxy) is 1. The molecule has 0 saturated carbocycles. The van der Waals surface area contributed by atoms with E-state index < -0.39 is 0 Å². The molecule has 0 aliphatic heterocycles. The molecule has 2 aromatic rings. The summed E-state index contributed by atoms with van der Waals surface area (Å²) in [5, 5.41) is 6.58. The number of hydrogen-bond donors (Lipinski definition) is 2. The van der Waals surface area contributed by atoms with Gasteiger partial charge in [0.05, 0.1) is 0 Å². The highest BCUT2D eigenvalue weighted by Crippen LogP contribution is 2.25. The van der Waals surface area contributed by atoms with Crippen molar-refractivity contribution in [1.82, 2.24) is 10.6 Å². The van der Waals surface area contributed by atoms with Crippen molar-refractivity contribution in [3.63, 3.8) is 0 Å². The summed E-state index contributed by atoms with van der Waals surface area (Å²) >= 11 is 11.9. The lowest BCUT2D eigenvalue weighted by Gasteiger charge is -2.11. The van der Waals surface area contributed by atoms with Gasteiger partial charge in [0.1, 0.15) is 5.75 Å². The lowest BCUT2D eigenvalue weighted by molar-refractivity contribution is -0.123. The van der Waals surface area contributed by atoms with Crippen molar-refractivity contribution in [2.24, 2.45) is 0 Å². The molecule has 0 saturated heterocycles. The maximum atomic E-state index is 11.9. The van der Waals surface area contributed by atoms with Crippen LogP contribution in [-0.2, 0) is 4.79 Å². The minimum absolute atomic E-state index is 0.108. The fourth-order valence-electron chi connectivity index (χ4n) is 2.30. The van der Waals surface area contributed by atoms with Gasteiger partial charge in [-0.3, -0.25) is 9.59 Å². The van der Waals surface area contributed by atoms with Gasteiger partial charge in [-0.05, 0) is 55.3 Å². The van der Waals surface area contributed by atoms with E-state index in [0.717, 1.165) is 11.1 Å². The standard InChI is InChI=1S/C19H20Cl2N2O3/c1-12-8-16(9-13(2)18(12)21)26-11-17(24)22-6-7-23-19(25)14-4-3-5-15(20)10-14/h3-5,8-10H,6-7,11H2,1-2H3,(H,22,24)(H,23,25). The number of aryl methyl sites for hydroxylation is 2. The number of rotatable bonds is 7. The van der Waals surface area contributed by atoms with E-state index in [-0.39, 0.29) is 18.4 Å². The van der Waals surface area contributed by atoms with Crippen LogP contribution in [0.15, 0.2) is 36.4 Å². The normalized spacial score (nSPS) is 10.3. The molecule has 0 fully saturated rings. The second kappa shape index (κ2) is 9.46. The van der Waals surface area contributed by atoms with E-state index in [2.05, 4.69) is 10.6 Å². The zero-order chi connectivity index (χ0) is 19.1. The number of carbonyl (C=O) groups excluding carboxylic acids is 2. The van der Waals surface area contributed by atoms with Crippen LogP contribution < -0.4 is 15.4 Å². The van der Waals surface area contributed by atoms with Crippen LogP contribution in [0.1, 0.15) is 21.5 Å². The highest BCUT2D eigenvalue weighted by Gasteiger charge is 2.08. The van der Waals surface area contributed by atoms with Crippen molar-refractivity contribution in [2.45, 2.75) is 13.8 Å². The molecule has 0 heterocycles. The van der Waals surface area contributed by atoms with Gasteiger partial charge in [-0.2, -0.15) is 0 Å². The summed E-state index contributed by atoms with van der Waals surface area (Å²) in [7, 11) is 0. The average molecular weight is 395 g/mol. The molecule has 2 N–H and O–H groups in total. The third kappa shape index (κ3) is 5.93. The Hall–Kier alpha value is -2.24. The van der Waals surface area contributed by atoms with Gasteiger partial charge >= 0.3 is 0 Å². The van der Waals surface area contributed by atoms with Gasteiger partial charge < -0.3 is 15.4 Å². The van der Waals surface area contributed by atoms with Gasteiger partial charge in [0.15, 0.2) is 6.61 Å². The van der Waals surface area contributed by atoms with Crippen molar-refractivity contribution >= 4 is 35.0 Å². The Kier molecular flexibility index (Phi) is 7.30. The topological polar surface area (TPSA) is 67.4 Å². The summed E-state index contributed by atoms with van der Waals surface area (Å²) in [6, 6.07) is 10.2. The van der Waals surface area contributed by atoms with Crippen LogP contribution in [0.4, 0.5) is 0 Å². The van der Waals surface area contributed by atoms with Gasteiger partial charge in [-0.25, -0.2) is 0 Å². The minimum atomic E-state index is -0.271. The summed E-state index contributed by atoms with van der Waals surface area (Å²) < 4.78 is 5.47. The summed E-state index contributed by atoms with van der Waals surface area (Å²) in [6.45, 7) is 4.25. The van der Waals surface area contributed by atoms with Crippen molar-refractivity contribution in [1.29, 1.82) is 0 Å². The Morgan fingerprint density at radius 3 is 2.31 bits per heavy atom. The van der Waals surface area contributed by atoms with E-state index in [9.17, 15) is 9.59 Å². The number of nitrogens with one attached hydrogen (secondary N) is 2. The molecule has 26 heavy (non-hydrogen) atoms. The van der Waals surface area contributed by atoms with Crippen LogP contribution >= 0.6 is 23.2 Å². The first-order chi connectivity index (χ1) is 12.4. The Morgan fingerprint density at radius 1 is 1.00 bits per heavy atom. The third-order valence-electron chi connectivity index (χ3n) is 3.60. The minimum Gasteiger partial charge on any atom is -0.484 e. The lowest BCUT2D eigenvalue weighted by atomic mass is 10.1. The maximum absolute atomic E-state index is 11.9. The van der Waals surface area contributed by atoms with Gasteiger partial charge in [0.2, 0.25) is 0 Å². The Morgan fingerprint density at radius 2 is 1.65 bits per heavy atom. The summed E-state index contributed by atoms with van der Waals surface area (Å²) in [5.74, 6) is 0.0752. The smallest absolute Gasteiger partial charge is 0.258 e. The van der Waals surface area contributed by atoms with Crippen LogP contribution in [0.3, 0.4) is 0 Å². The van der Waals surface area contributed by atoms with Crippen LogP contribution in [-0.4, -0.2) is 31.5 Å². The van der Waals surface area contributed by atoms with Crippen molar-refractivity contribution in [3.05, 3.63) is 63.1 Å². The van der Waals surface area contributed by atoms with Crippen LogP contribution in [0.5, 0.6) is 5.75 Å². The summed E-state index contributed by atoms with van der Waals surface area (Å²) in [6.07, 6.45) is 0. The quantitative estimate of drug-likeness (QED) is 0.705. The van der Waals surface area contributed by atoms with Crippen LogP contribution in [0.2, 0.25) is 10.0 Å². The number of carbonyl (C=O) groups is 2. The van der Waals surface area contributed by atoms with Crippen LogP contribution in [0.25, 0.3) is 0 Å². The van der Waals surface area contributed by atoms with Gasteiger partial charge in [0, 0.05) is 28.7 Å². The molecule has 0 atom stereocenters. The second-order valence-electron chi connectivity index (χ2n) is 5.78. The first-order valence-corrected chi connectivity index (χ1v) is 8.82. The Labute approximate surface area is 162 Å². The third-order valence-corrected chi connectivity index (χ3v) is 4.43. The van der Waals surface area contributed by atoms with Gasteiger partial charge in [-0.1, -0.05) is 29.3 Å². The molecule has 0 aliphatic rings. The number of halogens is 2. The molecule has 0 aromatic heterocycles. The molecule has 0 unspecified atom stereocenters. The summed E-state index contributed by atoms with van der Waals surface area (Å²) in [5.41, 5.74) is 2.26. The molecule has 0 aliphatic carbocycles. The molecule has 0 bridgehead atoms. The molecular formula is C19H20Cl2N2O3. The van der Waals surface area contributed by atoms with Gasteiger partial charge in [0.25, 0.3) is 11.8 Å². The predicted octanol–water partition coefficient (Wildman–Crippen LogP) is 3.54. The largest absolute Gasteiger partial charge is 0.484 e. The molecule has 2 amide bonds. The number of hydrogen-bond acceptors (Lipinski definition) is 3. The summed E-state index contributed by atoms with van der Waals surface area (Å²) in [4.78, 5) is 23.7. The zero-order valence-electron chi connectivity index (χ0n) is 14.6. The van der Waals surface area contributed by atoms with E-state index in [0.29, 0.717) is 34.4 Å². The monoisotopic (exact) mass is 394 g/mol. The highest BCUT2D eigenvalue weighted by molar-refractivity contribution is 6.32. The molecular weight excluding hydrogens is 375 g/mol. The first-order valence-electron chi connectivity index (χ1n) is 8.07. The zero-order valence-corrected chi connectivity index (χ0v) is 16.1. The van der Waals surface area contributed by atoms with Crippen molar-refractivity contribution in [3.8, 4) is 5.75 Å². The molecule has 138 valence electrons. The number of benzene rings is 2. The van der Waals surface area contributed by atoms with E-state index >= 15 is 0 Å². The van der Waals surface area contributed by atoms with Crippen LogP contribution in [0, 0.1) is 13.8 Å². The van der Waals surface area contributed by atoms with Crippen molar-refractivity contribution < 1.29 is 14.3 Å². The lowest BCUT2D eigenvalue weighted by Crippen LogP contribution is -2.36. The van der Waals surface area contributed by atoms with E-state index in [1.54, 1.807) is 36.4 Å². The van der Waals surface area contributed by atoms with E-state index in [1.807, 2.05) is 13.8 Å². The fourth-order valence-corrected chi connectivity index (χ4v) is 2.60. The average Bonchev–Trinajstić information content (AvgIpc) is 2.61.